The van der Waals surface area contributed by atoms with Crippen molar-refractivity contribution < 1.29 is 9.53 Å². The second-order valence-electron chi connectivity index (χ2n) is 7.06. The molecule has 0 spiro atoms. The molecular weight excluding hydrogens is 352 g/mol. The van der Waals surface area contributed by atoms with E-state index in [0.29, 0.717) is 12.1 Å². The Morgan fingerprint density at radius 3 is 2.29 bits per heavy atom. The van der Waals surface area contributed by atoms with Crippen LogP contribution >= 0.6 is 0 Å². The van der Waals surface area contributed by atoms with Gasteiger partial charge >= 0.3 is 0 Å². The van der Waals surface area contributed by atoms with Crippen LogP contribution in [0.15, 0.2) is 42.5 Å². The van der Waals surface area contributed by atoms with Crippen molar-refractivity contribution in [2.45, 2.75) is 19.9 Å². The Kier molecular flexibility index (Phi) is 5.90. The maximum atomic E-state index is 12.7. The lowest BCUT2D eigenvalue weighted by molar-refractivity contribution is 0.0942. The number of aryl methyl sites for hydroxylation is 2. The Morgan fingerprint density at radius 2 is 1.68 bits per heavy atom. The Morgan fingerprint density at radius 1 is 1.04 bits per heavy atom. The second-order valence-corrected chi connectivity index (χ2v) is 7.06. The number of ether oxygens (including phenoxy) is 1. The van der Waals surface area contributed by atoms with Gasteiger partial charge in [0, 0.05) is 12.1 Å². The lowest BCUT2D eigenvalue weighted by Crippen LogP contribution is -2.34. The molecule has 6 heteroatoms. The summed E-state index contributed by atoms with van der Waals surface area (Å²) in [6.07, 6.45) is 0. The molecule has 0 aliphatic rings. The van der Waals surface area contributed by atoms with E-state index in [0.717, 1.165) is 33.7 Å². The summed E-state index contributed by atoms with van der Waals surface area (Å²) < 4.78 is 5.22. The molecule has 1 amide bonds. The first-order valence-corrected chi connectivity index (χ1v) is 9.22. The smallest absolute Gasteiger partial charge is 0.251 e. The van der Waals surface area contributed by atoms with E-state index >= 15 is 0 Å². The van der Waals surface area contributed by atoms with Crippen molar-refractivity contribution in [2.24, 2.45) is 0 Å². The summed E-state index contributed by atoms with van der Waals surface area (Å²) in [5.41, 5.74) is 4.99. The number of carbonyl (C=O) groups excluding carboxylic acids is 1. The fraction of sp³-hybridized carbons (Fsp3) is 0.318. The number of methoxy groups -OCH3 is 1. The number of amides is 1. The molecule has 2 aromatic carbocycles. The van der Waals surface area contributed by atoms with Gasteiger partial charge in [0.2, 0.25) is 0 Å². The number of rotatable bonds is 6. The molecule has 0 radical (unpaired) electrons. The van der Waals surface area contributed by atoms with Gasteiger partial charge in [0.25, 0.3) is 5.91 Å². The van der Waals surface area contributed by atoms with Crippen LogP contribution in [0.3, 0.4) is 0 Å². The summed E-state index contributed by atoms with van der Waals surface area (Å²) in [6, 6.07) is 13.4. The molecule has 0 bridgehead atoms. The molecule has 3 rings (SSSR count). The van der Waals surface area contributed by atoms with Crippen LogP contribution in [0.2, 0.25) is 0 Å². The lowest BCUT2D eigenvalue weighted by atomic mass is 10.1. The minimum Gasteiger partial charge on any atom is -0.497 e. The average Bonchev–Trinajstić information content (AvgIpc) is 2.68. The summed E-state index contributed by atoms with van der Waals surface area (Å²) in [6.45, 7) is 4.35. The van der Waals surface area contributed by atoms with Crippen LogP contribution in [0.5, 0.6) is 5.75 Å². The van der Waals surface area contributed by atoms with Crippen molar-refractivity contribution in [2.75, 3.05) is 27.7 Å². The van der Waals surface area contributed by atoms with Crippen molar-refractivity contribution in [1.82, 2.24) is 20.2 Å². The summed E-state index contributed by atoms with van der Waals surface area (Å²) in [7, 11) is 5.64. The first-order valence-electron chi connectivity index (χ1n) is 9.22. The first kappa shape index (κ1) is 19.8. The van der Waals surface area contributed by atoms with Gasteiger partial charge in [-0.3, -0.25) is 4.79 Å². The van der Waals surface area contributed by atoms with Gasteiger partial charge in [-0.15, -0.1) is 0 Å². The zero-order chi connectivity index (χ0) is 20.3. The number of carbonyl (C=O) groups is 1. The second kappa shape index (κ2) is 8.35. The number of nitrogens with one attached hydrogen (secondary N) is 1. The summed E-state index contributed by atoms with van der Waals surface area (Å²) in [4.78, 5) is 23.8. The minimum atomic E-state index is -0.123. The van der Waals surface area contributed by atoms with E-state index in [1.54, 1.807) is 19.2 Å². The molecule has 0 unspecified atom stereocenters. The zero-order valence-electron chi connectivity index (χ0n) is 17.0. The van der Waals surface area contributed by atoms with E-state index in [9.17, 15) is 4.79 Å². The largest absolute Gasteiger partial charge is 0.497 e. The van der Waals surface area contributed by atoms with E-state index in [-0.39, 0.29) is 11.9 Å². The quantitative estimate of drug-likeness (QED) is 0.713. The van der Waals surface area contributed by atoms with Crippen molar-refractivity contribution in [3.05, 3.63) is 65.0 Å². The predicted octanol–water partition coefficient (Wildman–Crippen LogP) is 3.29. The Hall–Kier alpha value is -2.99. The van der Waals surface area contributed by atoms with E-state index in [1.165, 1.54) is 0 Å². The van der Waals surface area contributed by atoms with E-state index in [1.807, 2.05) is 58.3 Å². The molecular formula is C22H26N4O2. The molecule has 0 saturated heterocycles. The van der Waals surface area contributed by atoms with Crippen LogP contribution in [0.25, 0.3) is 11.0 Å². The highest BCUT2D eigenvalue weighted by atomic mass is 16.5. The first-order chi connectivity index (χ1) is 13.4. The standard InChI is InChI=1S/C22H26N4O2/c1-14-15(2)25-20-12-17(8-11-19(20)24-14)22(27)23-13-21(26(3)4)16-6-9-18(28-5)10-7-16/h6-12,21H,13H2,1-5H3,(H,23,27)/t21-/m0/s1. The average molecular weight is 378 g/mol. The molecule has 3 aromatic rings. The number of aromatic nitrogens is 2. The highest BCUT2D eigenvalue weighted by Crippen LogP contribution is 2.21. The SMILES string of the molecule is COc1ccc([C@H](CNC(=O)c2ccc3nc(C)c(C)nc3c2)N(C)C)cc1. The van der Waals surface area contributed by atoms with Crippen molar-refractivity contribution >= 4 is 16.9 Å². The number of fused-ring (bicyclic) bond motifs is 1. The highest BCUT2D eigenvalue weighted by molar-refractivity contribution is 5.97. The van der Waals surface area contributed by atoms with E-state index in [2.05, 4.69) is 20.2 Å². The number of likely N-dealkylation sites (N-methyl/N-ethyl adjacent to an activating group) is 1. The summed E-state index contributed by atoms with van der Waals surface area (Å²) >= 11 is 0. The predicted molar refractivity (Wildman–Crippen MR) is 111 cm³/mol. The maximum absolute atomic E-state index is 12.7. The third kappa shape index (κ3) is 4.28. The number of hydrogen-bond donors (Lipinski definition) is 1. The van der Waals surface area contributed by atoms with Gasteiger partial charge in [-0.1, -0.05) is 12.1 Å². The summed E-state index contributed by atoms with van der Waals surface area (Å²) in [5.74, 6) is 0.690. The van der Waals surface area contributed by atoms with Gasteiger partial charge < -0.3 is 15.0 Å². The molecule has 0 saturated carbocycles. The zero-order valence-corrected chi connectivity index (χ0v) is 17.0. The van der Waals surface area contributed by atoms with Crippen LogP contribution in [0.1, 0.15) is 33.4 Å². The van der Waals surface area contributed by atoms with Crippen molar-refractivity contribution in [3.8, 4) is 5.75 Å². The molecule has 146 valence electrons. The highest BCUT2D eigenvalue weighted by Gasteiger charge is 2.16. The normalized spacial score (nSPS) is 12.2. The van der Waals surface area contributed by atoms with Gasteiger partial charge in [0.1, 0.15) is 5.75 Å². The van der Waals surface area contributed by atoms with Crippen LogP contribution in [-0.4, -0.2) is 48.5 Å². The fourth-order valence-corrected chi connectivity index (χ4v) is 3.09. The molecule has 1 heterocycles. The summed E-state index contributed by atoms with van der Waals surface area (Å²) in [5, 5.41) is 3.04. The van der Waals surface area contributed by atoms with Crippen molar-refractivity contribution in [3.63, 3.8) is 0 Å². The molecule has 0 fully saturated rings. The number of benzene rings is 2. The van der Waals surface area contributed by atoms with Crippen LogP contribution in [0, 0.1) is 13.8 Å². The van der Waals surface area contributed by atoms with Gasteiger partial charge in [0.15, 0.2) is 0 Å². The molecule has 6 nitrogen and oxygen atoms in total. The topological polar surface area (TPSA) is 67.3 Å². The number of nitrogens with zero attached hydrogens (tertiary/aromatic N) is 3. The monoisotopic (exact) mass is 378 g/mol. The molecule has 1 atom stereocenters. The van der Waals surface area contributed by atoms with Gasteiger partial charge in [0.05, 0.1) is 35.6 Å². The van der Waals surface area contributed by atoms with E-state index in [4.69, 9.17) is 4.74 Å². The molecule has 0 aliphatic carbocycles. The molecule has 28 heavy (non-hydrogen) atoms. The maximum Gasteiger partial charge on any atom is 0.251 e. The van der Waals surface area contributed by atoms with Crippen molar-refractivity contribution in [1.29, 1.82) is 0 Å². The minimum absolute atomic E-state index is 0.0556. The van der Waals surface area contributed by atoms with E-state index < -0.39 is 0 Å². The Bertz CT molecular complexity index is 984. The fourth-order valence-electron chi connectivity index (χ4n) is 3.09. The third-order valence-electron chi connectivity index (χ3n) is 4.92. The van der Waals surface area contributed by atoms with Crippen LogP contribution in [-0.2, 0) is 0 Å². The number of hydrogen-bond acceptors (Lipinski definition) is 5. The molecule has 1 aromatic heterocycles. The Balaban J connectivity index is 1.75. The van der Waals surface area contributed by atoms with Gasteiger partial charge in [-0.05, 0) is 63.8 Å². The third-order valence-corrected chi connectivity index (χ3v) is 4.92. The Labute approximate surface area is 165 Å². The molecule has 0 aliphatic heterocycles. The molecule has 1 N–H and O–H groups in total. The lowest BCUT2D eigenvalue weighted by Gasteiger charge is -2.25. The van der Waals surface area contributed by atoms with Crippen LogP contribution < -0.4 is 10.1 Å². The van der Waals surface area contributed by atoms with Gasteiger partial charge in [-0.2, -0.15) is 0 Å². The van der Waals surface area contributed by atoms with Crippen LogP contribution in [0.4, 0.5) is 0 Å². The van der Waals surface area contributed by atoms with Gasteiger partial charge in [-0.25, -0.2) is 9.97 Å².